The first-order chi connectivity index (χ1) is 8.22. The lowest BCUT2D eigenvalue weighted by molar-refractivity contribution is 0.320. The third-order valence-corrected chi connectivity index (χ3v) is 2.66. The molecule has 17 heavy (non-hydrogen) atoms. The van der Waals surface area contributed by atoms with E-state index in [4.69, 9.17) is 26.8 Å². The van der Waals surface area contributed by atoms with Gasteiger partial charge in [-0.05, 0) is 44.9 Å². The molecule has 0 saturated heterocycles. The number of nitrogens with two attached hydrogens (primary N) is 1. The van der Waals surface area contributed by atoms with Crippen molar-refractivity contribution in [3.63, 3.8) is 0 Å². The zero-order chi connectivity index (χ0) is 12.7. The van der Waals surface area contributed by atoms with Crippen LogP contribution in [0.1, 0.15) is 25.8 Å². The molecule has 0 saturated carbocycles. The van der Waals surface area contributed by atoms with Crippen LogP contribution >= 0.6 is 11.6 Å². The Morgan fingerprint density at radius 2 is 1.76 bits per heavy atom. The topological polar surface area (TPSA) is 44.5 Å². The normalized spacial score (nSPS) is 10.4. The zero-order valence-corrected chi connectivity index (χ0v) is 11.2. The second kappa shape index (κ2) is 7.41. The summed E-state index contributed by atoms with van der Waals surface area (Å²) in [5.41, 5.74) is 6.61. The van der Waals surface area contributed by atoms with Gasteiger partial charge < -0.3 is 15.2 Å². The molecule has 1 aromatic carbocycles. The van der Waals surface area contributed by atoms with Gasteiger partial charge in [0, 0.05) is 6.07 Å². The smallest absolute Gasteiger partial charge is 0.141 e. The van der Waals surface area contributed by atoms with Crippen LogP contribution in [-0.2, 0) is 6.42 Å². The second-order valence-corrected chi connectivity index (χ2v) is 4.06. The van der Waals surface area contributed by atoms with Crippen molar-refractivity contribution < 1.29 is 9.47 Å². The van der Waals surface area contributed by atoms with E-state index >= 15 is 0 Å². The van der Waals surface area contributed by atoms with Gasteiger partial charge in [-0.3, -0.25) is 0 Å². The molecule has 0 aliphatic heterocycles. The fraction of sp³-hybridized carbons (Fsp3) is 0.538. The van der Waals surface area contributed by atoms with Crippen LogP contribution in [0.4, 0.5) is 0 Å². The Kier molecular flexibility index (Phi) is 6.16. The number of benzene rings is 1. The molecule has 0 fully saturated rings. The van der Waals surface area contributed by atoms with Crippen molar-refractivity contribution in [3.8, 4) is 11.5 Å². The summed E-state index contributed by atoms with van der Waals surface area (Å²) in [6, 6.07) is 3.77. The molecule has 4 heteroatoms. The molecule has 2 N–H and O–H groups in total. The molecular weight excluding hydrogens is 238 g/mol. The van der Waals surface area contributed by atoms with Crippen molar-refractivity contribution in [2.45, 2.75) is 26.7 Å². The van der Waals surface area contributed by atoms with E-state index in [2.05, 4.69) is 0 Å². The van der Waals surface area contributed by atoms with Crippen molar-refractivity contribution in [1.82, 2.24) is 0 Å². The van der Waals surface area contributed by atoms with E-state index in [9.17, 15) is 0 Å². The van der Waals surface area contributed by atoms with Gasteiger partial charge in [0.25, 0.3) is 0 Å². The lowest BCUT2D eigenvalue weighted by atomic mass is 10.1. The zero-order valence-electron chi connectivity index (χ0n) is 10.5. The first-order valence-electron chi connectivity index (χ1n) is 6.01. The predicted octanol–water partition coefficient (Wildman–Crippen LogP) is 3.03. The van der Waals surface area contributed by atoms with Gasteiger partial charge in [0.1, 0.15) is 11.5 Å². The van der Waals surface area contributed by atoms with Gasteiger partial charge in [-0.1, -0.05) is 11.6 Å². The highest BCUT2D eigenvalue weighted by Crippen LogP contribution is 2.33. The number of halogens is 1. The summed E-state index contributed by atoms with van der Waals surface area (Å²) in [6.45, 7) is 5.77. The van der Waals surface area contributed by atoms with E-state index < -0.39 is 0 Å². The van der Waals surface area contributed by atoms with E-state index in [0.29, 0.717) is 30.5 Å². The minimum Gasteiger partial charge on any atom is -0.493 e. The van der Waals surface area contributed by atoms with Crippen LogP contribution < -0.4 is 15.2 Å². The molecule has 3 nitrogen and oxygen atoms in total. The van der Waals surface area contributed by atoms with Crippen LogP contribution in [0.15, 0.2) is 12.1 Å². The second-order valence-electron chi connectivity index (χ2n) is 3.65. The lowest BCUT2D eigenvalue weighted by Crippen LogP contribution is -2.03. The largest absolute Gasteiger partial charge is 0.493 e. The Morgan fingerprint density at radius 1 is 1.12 bits per heavy atom. The van der Waals surface area contributed by atoms with E-state index in [1.54, 1.807) is 0 Å². The molecular formula is C13H20ClNO2. The number of hydrogen-bond acceptors (Lipinski definition) is 3. The number of ether oxygens (including phenoxy) is 2. The molecule has 0 atom stereocenters. The molecule has 0 amide bonds. The summed E-state index contributed by atoms with van der Waals surface area (Å²) >= 11 is 6.15. The van der Waals surface area contributed by atoms with Gasteiger partial charge >= 0.3 is 0 Å². The summed E-state index contributed by atoms with van der Waals surface area (Å²) in [5, 5.41) is 0.627. The number of hydrogen-bond donors (Lipinski definition) is 1. The Morgan fingerprint density at radius 3 is 2.35 bits per heavy atom. The highest BCUT2D eigenvalue weighted by Gasteiger charge is 2.10. The van der Waals surface area contributed by atoms with Crippen LogP contribution in [-0.4, -0.2) is 19.8 Å². The van der Waals surface area contributed by atoms with Gasteiger partial charge in [0.15, 0.2) is 0 Å². The molecule has 0 radical (unpaired) electrons. The molecule has 0 aromatic heterocycles. The maximum atomic E-state index is 6.15. The minimum absolute atomic E-state index is 0.591. The van der Waals surface area contributed by atoms with Crippen molar-refractivity contribution in [2.24, 2.45) is 5.73 Å². The molecule has 96 valence electrons. The third-order valence-electron chi connectivity index (χ3n) is 2.36. The average Bonchev–Trinajstić information content (AvgIpc) is 2.32. The van der Waals surface area contributed by atoms with Crippen molar-refractivity contribution >= 4 is 11.6 Å². The molecule has 0 bridgehead atoms. The maximum Gasteiger partial charge on any atom is 0.141 e. The van der Waals surface area contributed by atoms with Crippen molar-refractivity contribution in [1.29, 1.82) is 0 Å². The fourth-order valence-corrected chi connectivity index (χ4v) is 1.86. The molecule has 1 rings (SSSR count). The predicted molar refractivity (Wildman–Crippen MR) is 71.2 cm³/mol. The van der Waals surface area contributed by atoms with Crippen molar-refractivity contribution in [3.05, 3.63) is 22.7 Å². The summed E-state index contributed by atoms with van der Waals surface area (Å²) in [6.07, 6.45) is 1.79. The first kappa shape index (κ1) is 14.1. The molecule has 0 aliphatic rings. The number of aryl methyl sites for hydroxylation is 1. The van der Waals surface area contributed by atoms with Crippen molar-refractivity contribution in [2.75, 3.05) is 19.8 Å². The van der Waals surface area contributed by atoms with Gasteiger partial charge in [0.05, 0.1) is 18.2 Å². The quantitative estimate of drug-likeness (QED) is 0.817. The van der Waals surface area contributed by atoms with E-state index in [-0.39, 0.29) is 0 Å². The minimum atomic E-state index is 0.591. The molecule has 1 aromatic rings. The fourth-order valence-electron chi connectivity index (χ4n) is 1.62. The molecule has 0 spiro atoms. The Balaban J connectivity index is 2.97. The lowest BCUT2D eigenvalue weighted by Gasteiger charge is -2.14. The summed E-state index contributed by atoms with van der Waals surface area (Å²) in [7, 11) is 0. The van der Waals surface area contributed by atoms with E-state index in [1.807, 2.05) is 26.0 Å². The molecule has 0 aliphatic carbocycles. The van der Waals surface area contributed by atoms with Crippen LogP contribution in [0.25, 0.3) is 0 Å². The molecule has 0 unspecified atom stereocenters. The van der Waals surface area contributed by atoms with Crippen LogP contribution in [0, 0.1) is 0 Å². The maximum absolute atomic E-state index is 6.15. The van der Waals surface area contributed by atoms with Gasteiger partial charge in [-0.25, -0.2) is 0 Å². The Hall–Kier alpha value is -0.930. The highest BCUT2D eigenvalue weighted by molar-refractivity contribution is 6.32. The van der Waals surface area contributed by atoms with E-state index in [1.165, 1.54) is 0 Å². The number of rotatable bonds is 7. The van der Waals surface area contributed by atoms with Gasteiger partial charge in [-0.15, -0.1) is 0 Å². The average molecular weight is 258 g/mol. The highest BCUT2D eigenvalue weighted by atomic mass is 35.5. The Bertz CT molecular complexity index is 356. The Labute approximate surface area is 108 Å². The SMILES string of the molecule is CCOc1cc(OCC)c(CCCN)cc1Cl. The van der Waals surface area contributed by atoms with Gasteiger partial charge in [0.2, 0.25) is 0 Å². The summed E-state index contributed by atoms with van der Waals surface area (Å²) in [5.74, 6) is 1.52. The summed E-state index contributed by atoms with van der Waals surface area (Å²) < 4.78 is 11.0. The monoisotopic (exact) mass is 257 g/mol. The molecule has 0 heterocycles. The summed E-state index contributed by atoms with van der Waals surface area (Å²) in [4.78, 5) is 0. The first-order valence-corrected chi connectivity index (χ1v) is 6.38. The van der Waals surface area contributed by atoms with Crippen LogP contribution in [0.2, 0.25) is 5.02 Å². The van der Waals surface area contributed by atoms with Crippen LogP contribution in [0.5, 0.6) is 11.5 Å². The van der Waals surface area contributed by atoms with E-state index in [0.717, 1.165) is 24.2 Å². The third kappa shape index (κ3) is 4.10. The van der Waals surface area contributed by atoms with Gasteiger partial charge in [-0.2, -0.15) is 0 Å². The standard InChI is InChI=1S/C13H20ClNO2/c1-3-16-12-9-13(17-4-2)11(14)8-10(12)6-5-7-15/h8-9H,3-7,15H2,1-2H3. The van der Waals surface area contributed by atoms with Crippen LogP contribution in [0.3, 0.4) is 0 Å².